The molecule has 1 aliphatic heterocycles. The Morgan fingerprint density at radius 3 is 2.56 bits per heavy atom. The number of nitrogens with two attached hydrogens (primary N) is 3. The summed E-state index contributed by atoms with van der Waals surface area (Å²) >= 11 is 0. The number of likely N-dealkylation sites (tertiary alicyclic amines) is 1. The van der Waals surface area contributed by atoms with Gasteiger partial charge in [-0.25, -0.2) is 0 Å². The van der Waals surface area contributed by atoms with Gasteiger partial charge in [0.25, 0.3) is 5.91 Å². The predicted octanol–water partition coefficient (Wildman–Crippen LogP) is -0.419. The van der Waals surface area contributed by atoms with Crippen molar-refractivity contribution < 1.29 is 14.4 Å². The number of aliphatic imine (C=N–C) groups is 1. The van der Waals surface area contributed by atoms with Crippen molar-refractivity contribution in [3.63, 3.8) is 0 Å². The molecule has 1 heterocycles. The van der Waals surface area contributed by atoms with E-state index in [0.29, 0.717) is 45.1 Å². The Labute approximate surface area is 160 Å². The van der Waals surface area contributed by atoms with Gasteiger partial charge in [-0.05, 0) is 38.5 Å². The SMILES string of the molecule is NC(N)=NCCC[C@@H](C=O)NC(=O)[C@]1(N)CCCN1C(=O)C1CCCCC1. The largest absolute Gasteiger partial charge is 0.370 e. The summed E-state index contributed by atoms with van der Waals surface area (Å²) < 4.78 is 0. The van der Waals surface area contributed by atoms with Gasteiger partial charge in [-0.1, -0.05) is 19.3 Å². The van der Waals surface area contributed by atoms with Crippen LogP contribution in [-0.2, 0) is 14.4 Å². The minimum Gasteiger partial charge on any atom is -0.370 e. The van der Waals surface area contributed by atoms with Crippen LogP contribution in [0.2, 0.25) is 0 Å². The molecule has 2 atom stereocenters. The molecule has 9 nitrogen and oxygen atoms in total. The molecule has 0 aromatic heterocycles. The molecule has 0 spiro atoms. The van der Waals surface area contributed by atoms with Gasteiger partial charge in [-0.2, -0.15) is 0 Å². The molecule has 2 rings (SSSR count). The molecule has 1 aliphatic carbocycles. The minimum atomic E-state index is -1.38. The van der Waals surface area contributed by atoms with Crippen LogP contribution in [0.3, 0.4) is 0 Å². The second-order valence-corrected chi connectivity index (χ2v) is 7.52. The highest BCUT2D eigenvalue weighted by Crippen LogP contribution is 2.31. The Kier molecular flexibility index (Phi) is 7.58. The van der Waals surface area contributed by atoms with Gasteiger partial charge in [-0.3, -0.25) is 14.6 Å². The number of carbonyl (C=O) groups excluding carboxylic acids is 3. The van der Waals surface area contributed by atoms with E-state index >= 15 is 0 Å². The molecular weight excluding hydrogens is 348 g/mol. The Balaban J connectivity index is 1.96. The van der Waals surface area contributed by atoms with Crippen molar-refractivity contribution in [2.75, 3.05) is 13.1 Å². The number of nitrogens with one attached hydrogen (secondary N) is 1. The molecule has 0 aromatic rings. The summed E-state index contributed by atoms with van der Waals surface area (Å²) in [6, 6.07) is -0.681. The van der Waals surface area contributed by atoms with E-state index < -0.39 is 17.6 Å². The zero-order chi connectivity index (χ0) is 19.9. The van der Waals surface area contributed by atoms with Gasteiger partial charge in [0.15, 0.2) is 11.6 Å². The lowest BCUT2D eigenvalue weighted by Crippen LogP contribution is -2.65. The molecule has 0 aromatic carbocycles. The van der Waals surface area contributed by atoms with E-state index in [1.54, 1.807) is 0 Å². The molecule has 0 unspecified atom stereocenters. The topological polar surface area (TPSA) is 157 Å². The van der Waals surface area contributed by atoms with Gasteiger partial charge < -0.3 is 32.2 Å². The Morgan fingerprint density at radius 2 is 1.93 bits per heavy atom. The molecule has 0 radical (unpaired) electrons. The Hall–Kier alpha value is -2.16. The number of amides is 2. The number of nitrogens with zero attached hydrogens (tertiary/aromatic N) is 2. The molecule has 2 amide bonds. The van der Waals surface area contributed by atoms with E-state index in [0.717, 1.165) is 32.1 Å². The van der Waals surface area contributed by atoms with Crippen molar-refractivity contribution in [1.82, 2.24) is 10.2 Å². The van der Waals surface area contributed by atoms with E-state index in [-0.39, 0.29) is 17.8 Å². The van der Waals surface area contributed by atoms with E-state index in [1.165, 1.54) is 4.90 Å². The number of hydrogen-bond donors (Lipinski definition) is 4. The van der Waals surface area contributed by atoms with E-state index in [2.05, 4.69) is 10.3 Å². The third-order valence-electron chi connectivity index (χ3n) is 5.48. The van der Waals surface area contributed by atoms with Crippen molar-refractivity contribution in [3.8, 4) is 0 Å². The molecule has 0 bridgehead atoms. The highest BCUT2D eigenvalue weighted by atomic mass is 16.2. The van der Waals surface area contributed by atoms with E-state index in [9.17, 15) is 14.4 Å². The molecule has 7 N–H and O–H groups in total. The molecule has 1 saturated heterocycles. The maximum absolute atomic E-state index is 12.9. The Bertz CT molecular complexity index is 571. The lowest BCUT2D eigenvalue weighted by atomic mass is 9.87. The average molecular weight is 380 g/mol. The number of hydrogen-bond acceptors (Lipinski definition) is 5. The van der Waals surface area contributed by atoms with Crippen LogP contribution in [0.15, 0.2) is 4.99 Å². The van der Waals surface area contributed by atoms with Crippen LogP contribution in [0.1, 0.15) is 57.8 Å². The van der Waals surface area contributed by atoms with Gasteiger partial charge in [0, 0.05) is 19.0 Å². The zero-order valence-electron chi connectivity index (χ0n) is 15.9. The second kappa shape index (κ2) is 9.68. The number of aldehydes is 1. The molecule has 27 heavy (non-hydrogen) atoms. The monoisotopic (exact) mass is 380 g/mol. The van der Waals surface area contributed by atoms with Gasteiger partial charge >= 0.3 is 0 Å². The first-order valence-corrected chi connectivity index (χ1v) is 9.80. The van der Waals surface area contributed by atoms with Crippen molar-refractivity contribution in [2.45, 2.75) is 69.5 Å². The van der Waals surface area contributed by atoms with Gasteiger partial charge in [0.1, 0.15) is 6.29 Å². The van der Waals surface area contributed by atoms with Crippen molar-refractivity contribution >= 4 is 24.1 Å². The minimum absolute atomic E-state index is 0.00887. The lowest BCUT2D eigenvalue weighted by Gasteiger charge is -2.37. The van der Waals surface area contributed by atoms with Crippen LogP contribution in [0, 0.1) is 5.92 Å². The predicted molar refractivity (Wildman–Crippen MR) is 102 cm³/mol. The van der Waals surface area contributed by atoms with E-state index in [1.807, 2.05) is 0 Å². The third kappa shape index (κ3) is 5.41. The summed E-state index contributed by atoms with van der Waals surface area (Å²) in [5.41, 5.74) is 15.5. The fourth-order valence-corrected chi connectivity index (χ4v) is 3.94. The summed E-state index contributed by atoms with van der Waals surface area (Å²) in [4.78, 5) is 42.4. The fraction of sp³-hybridized carbons (Fsp3) is 0.778. The van der Waals surface area contributed by atoms with Crippen molar-refractivity contribution in [3.05, 3.63) is 0 Å². The quantitative estimate of drug-likeness (QED) is 0.194. The number of rotatable bonds is 8. The highest BCUT2D eigenvalue weighted by molar-refractivity contribution is 5.93. The molecule has 152 valence electrons. The molecule has 9 heteroatoms. The summed E-state index contributed by atoms with van der Waals surface area (Å²) in [6.45, 7) is 0.859. The summed E-state index contributed by atoms with van der Waals surface area (Å²) in [6.07, 6.45) is 7.65. The summed E-state index contributed by atoms with van der Waals surface area (Å²) in [5.74, 6) is -0.553. The van der Waals surface area contributed by atoms with E-state index in [4.69, 9.17) is 17.2 Å². The molecular formula is C18H32N6O3. The zero-order valence-corrected chi connectivity index (χ0v) is 15.9. The van der Waals surface area contributed by atoms with Crippen LogP contribution >= 0.6 is 0 Å². The van der Waals surface area contributed by atoms with Crippen LogP contribution in [0.4, 0.5) is 0 Å². The van der Waals surface area contributed by atoms with Gasteiger partial charge in [0.05, 0.1) is 6.04 Å². The average Bonchev–Trinajstić information content (AvgIpc) is 3.07. The smallest absolute Gasteiger partial charge is 0.261 e. The van der Waals surface area contributed by atoms with Gasteiger partial charge in [-0.15, -0.1) is 0 Å². The summed E-state index contributed by atoms with van der Waals surface area (Å²) in [5, 5.41) is 2.69. The van der Waals surface area contributed by atoms with Crippen molar-refractivity contribution in [2.24, 2.45) is 28.1 Å². The maximum Gasteiger partial charge on any atom is 0.261 e. The first-order chi connectivity index (χ1) is 12.9. The molecule has 2 aliphatic rings. The number of carbonyl (C=O) groups is 3. The fourth-order valence-electron chi connectivity index (χ4n) is 3.94. The number of guanidine groups is 1. The second-order valence-electron chi connectivity index (χ2n) is 7.52. The first-order valence-electron chi connectivity index (χ1n) is 9.80. The lowest BCUT2D eigenvalue weighted by molar-refractivity contribution is -0.148. The first kappa shape index (κ1) is 21.1. The maximum atomic E-state index is 12.9. The summed E-state index contributed by atoms with van der Waals surface area (Å²) in [7, 11) is 0. The van der Waals surface area contributed by atoms with Gasteiger partial charge in [0.2, 0.25) is 5.91 Å². The van der Waals surface area contributed by atoms with Crippen molar-refractivity contribution in [1.29, 1.82) is 0 Å². The standard InChI is InChI=1S/C18H32N6O3/c19-17(20)22-10-4-8-14(12-25)23-16(27)18(21)9-5-11-24(18)15(26)13-6-2-1-3-7-13/h12-14H,1-11,21H2,(H,23,27)(H4,19,20,22)/t14-,18-/m0/s1. The van der Waals surface area contributed by atoms with Crippen LogP contribution < -0.4 is 22.5 Å². The molecule has 1 saturated carbocycles. The third-order valence-corrected chi connectivity index (χ3v) is 5.48. The molecule has 2 fully saturated rings. The Morgan fingerprint density at radius 1 is 1.22 bits per heavy atom. The normalized spacial score (nSPS) is 24.3. The van der Waals surface area contributed by atoms with Crippen LogP contribution in [0.25, 0.3) is 0 Å². The highest BCUT2D eigenvalue weighted by Gasteiger charge is 2.48. The van der Waals surface area contributed by atoms with Crippen LogP contribution in [-0.4, -0.2) is 53.8 Å². The van der Waals surface area contributed by atoms with Crippen LogP contribution in [0.5, 0.6) is 0 Å².